The zero-order valence-electron chi connectivity index (χ0n) is 9.64. The van der Waals surface area contributed by atoms with Crippen molar-refractivity contribution in [3.63, 3.8) is 0 Å². The fourth-order valence-corrected chi connectivity index (χ4v) is 1.50. The van der Waals surface area contributed by atoms with Crippen LogP contribution in [-0.2, 0) is 0 Å². The Kier molecular flexibility index (Phi) is 4.68. The van der Waals surface area contributed by atoms with Crippen LogP contribution in [0, 0.1) is 10.1 Å². The van der Waals surface area contributed by atoms with Crippen LogP contribution < -0.4 is 0 Å². The molecule has 0 fully saturated rings. The zero-order chi connectivity index (χ0) is 13.0. The van der Waals surface area contributed by atoms with Crippen molar-refractivity contribution in [3.05, 3.63) is 28.1 Å². The van der Waals surface area contributed by atoms with E-state index in [9.17, 15) is 14.9 Å². The minimum Gasteiger partial charge on any atom is -0.351 e. The molecule has 0 aromatic carbocycles. The van der Waals surface area contributed by atoms with Crippen molar-refractivity contribution >= 4 is 27.5 Å². The maximum absolute atomic E-state index is 11.8. The number of halogens is 1. The number of carbonyl (C=O) groups excluding carboxylic acids is 1. The summed E-state index contributed by atoms with van der Waals surface area (Å²) in [4.78, 5) is 26.3. The first-order chi connectivity index (χ1) is 7.91. The minimum atomic E-state index is -0.534. The Labute approximate surface area is 107 Å². The van der Waals surface area contributed by atoms with Gasteiger partial charge in [0.15, 0.2) is 0 Å². The van der Waals surface area contributed by atoms with Crippen LogP contribution in [0.15, 0.2) is 12.3 Å². The molecule has 0 aliphatic rings. The highest BCUT2D eigenvalue weighted by Gasteiger charge is 2.17. The summed E-state index contributed by atoms with van der Waals surface area (Å²) < 4.78 is 0. The van der Waals surface area contributed by atoms with Crippen molar-refractivity contribution in [1.29, 1.82) is 0 Å². The molecule has 1 unspecified atom stereocenters. The number of rotatable bonds is 5. The van der Waals surface area contributed by atoms with Crippen molar-refractivity contribution in [2.45, 2.75) is 18.2 Å². The Morgan fingerprint density at radius 3 is 2.82 bits per heavy atom. The van der Waals surface area contributed by atoms with Gasteiger partial charge in [-0.25, -0.2) is 0 Å². The third-order valence-corrected chi connectivity index (χ3v) is 2.78. The minimum absolute atomic E-state index is 0.101. The Bertz CT molecular complexity index is 417. The van der Waals surface area contributed by atoms with Crippen molar-refractivity contribution in [2.24, 2.45) is 0 Å². The highest BCUT2D eigenvalue weighted by atomic mass is 79.9. The second-order valence-electron chi connectivity index (χ2n) is 3.82. The van der Waals surface area contributed by atoms with E-state index in [4.69, 9.17) is 0 Å². The summed E-state index contributed by atoms with van der Waals surface area (Å²) in [5.74, 6) is -0.244. The molecule has 0 aliphatic heterocycles. The van der Waals surface area contributed by atoms with Gasteiger partial charge in [-0.2, -0.15) is 0 Å². The lowest BCUT2D eigenvalue weighted by Gasteiger charge is -2.16. The number of carbonyl (C=O) groups is 1. The molecular formula is C10H14BrN3O3. The number of H-pyrrole nitrogens is 1. The van der Waals surface area contributed by atoms with Crippen LogP contribution in [0.4, 0.5) is 5.69 Å². The molecule has 1 amide bonds. The molecule has 0 saturated carbocycles. The number of hydrogen-bond acceptors (Lipinski definition) is 3. The summed E-state index contributed by atoms with van der Waals surface area (Å²) in [6.45, 7) is 2.59. The molecule has 1 atom stereocenters. The van der Waals surface area contributed by atoms with Crippen LogP contribution in [0.2, 0.25) is 0 Å². The van der Waals surface area contributed by atoms with Gasteiger partial charge in [-0.3, -0.25) is 14.9 Å². The average molecular weight is 304 g/mol. The normalized spacial score (nSPS) is 12.2. The summed E-state index contributed by atoms with van der Waals surface area (Å²) in [5.41, 5.74) is 0.136. The van der Waals surface area contributed by atoms with Gasteiger partial charge in [0.25, 0.3) is 11.6 Å². The van der Waals surface area contributed by atoms with Gasteiger partial charge in [0, 0.05) is 24.5 Å². The van der Waals surface area contributed by atoms with Gasteiger partial charge >= 0.3 is 0 Å². The fraction of sp³-hybridized carbons (Fsp3) is 0.500. The van der Waals surface area contributed by atoms with E-state index in [2.05, 4.69) is 20.9 Å². The predicted molar refractivity (Wildman–Crippen MR) is 67.4 cm³/mol. The summed E-state index contributed by atoms with van der Waals surface area (Å²) in [6, 6.07) is 1.25. The summed E-state index contributed by atoms with van der Waals surface area (Å²) in [7, 11) is 1.67. The van der Waals surface area contributed by atoms with E-state index in [0.29, 0.717) is 11.4 Å². The summed E-state index contributed by atoms with van der Waals surface area (Å²) in [6.07, 6.45) is 2.04. The van der Waals surface area contributed by atoms with Crippen molar-refractivity contribution in [2.75, 3.05) is 13.6 Å². The van der Waals surface area contributed by atoms with Crippen LogP contribution in [-0.4, -0.2) is 39.1 Å². The topological polar surface area (TPSA) is 79.2 Å². The van der Waals surface area contributed by atoms with E-state index < -0.39 is 4.92 Å². The highest BCUT2D eigenvalue weighted by molar-refractivity contribution is 9.09. The second-order valence-corrected chi connectivity index (χ2v) is 5.39. The molecule has 94 valence electrons. The molecule has 0 aliphatic carbocycles. The molecule has 17 heavy (non-hydrogen) atoms. The second kappa shape index (κ2) is 5.81. The molecule has 7 heteroatoms. The van der Waals surface area contributed by atoms with Crippen molar-refractivity contribution in [3.8, 4) is 0 Å². The van der Waals surface area contributed by atoms with E-state index in [1.165, 1.54) is 17.2 Å². The summed E-state index contributed by atoms with van der Waals surface area (Å²) in [5, 5.41) is 10.5. The van der Waals surface area contributed by atoms with Gasteiger partial charge in [-0.1, -0.05) is 22.9 Å². The standard InChI is InChI=1S/C10H14BrN3O3/c1-7(11)3-4-13(2)10(15)9-5-8(6-12-9)14(16)17/h5-7,12H,3-4H2,1-2H3. The first-order valence-electron chi connectivity index (χ1n) is 5.14. The lowest BCUT2D eigenvalue weighted by Crippen LogP contribution is -2.28. The first kappa shape index (κ1) is 13.7. The van der Waals surface area contributed by atoms with E-state index in [1.54, 1.807) is 7.05 Å². The molecule has 1 aromatic heterocycles. The monoisotopic (exact) mass is 303 g/mol. The number of hydrogen-bond donors (Lipinski definition) is 1. The maximum Gasteiger partial charge on any atom is 0.287 e. The van der Waals surface area contributed by atoms with E-state index >= 15 is 0 Å². The van der Waals surface area contributed by atoms with Crippen molar-refractivity contribution in [1.82, 2.24) is 9.88 Å². The Morgan fingerprint density at radius 2 is 2.35 bits per heavy atom. The van der Waals surface area contributed by atoms with Crippen LogP contribution in [0.5, 0.6) is 0 Å². The number of aromatic amines is 1. The number of nitrogens with one attached hydrogen (secondary N) is 1. The van der Waals surface area contributed by atoms with Gasteiger partial charge in [-0.05, 0) is 6.42 Å². The first-order valence-corrected chi connectivity index (χ1v) is 6.05. The van der Waals surface area contributed by atoms with Crippen LogP contribution in [0.25, 0.3) is 0 Å². The molecule has 0 spiro atoms. The zero-order valence-corrected chi connectivity index (χ0v) is 11.2. The van der Waals surface area contributed by atoms with Crippen molar-refractivity contribution < 1.29 is 9.72 Å². The van der Waals surface area contributed by atoms with Gasteiger partial charge in [0.2, 0.25) is 0 Å². The molecule has 1 heterocycles. The number of amides is 1. The molecule has 1 N–H and O–H groups in total. The quantitative estimate of drug-likeness (QED) is 0.514. The van der Waals surface area contributed by atoms with Crippen LogP contribution in [0.1, 0.15) is 23.8 Å². The predicted octanol–water partition coefficient (Wildman–Crippen LogP) is 2.17. The SMILES string of the molecule is CC(Br)CCN(C)C(=O)c1cc([N+](=O)[O-])c[nH]1. The molecule has 0 bridgehead atoms. The van der Waals surface area contributed by atoms with Gasteiger partial charge < -0.3 is 9.88 Å². The number of aromatic nitrogens is 1. The Balaban J connectivity index is 2.65. The Hall–Kier alpha value is -1.37. The molecule has 6 nitrogen and oxygen atoms in total. The van der Waals surface area contributed by atoms with Gasteiger partial charge in [-0.15, -0.1) is 0 Å². The van der Waals surface area contributed by atoms with E-state index in [-0.39, 0.29) is 17.3 Å². The van der Waals surface area contributed by atoms with E-state index in [1.807, 2.05) is 6.92 Å². The number of nitrogens with zero attached hydrogens (tertiary/aromatic N) is 2. The van der Waals surface area contributed by atoms with Gasteiger partial charge in [0.05, 0.1) is 11.1 Å². The lowest BCUT2D eigenvalue weighted by atomic mass is 10.3. The molecule has 0 saturated heterocycles. The number of nitro groups is 1. The summed E-state index contributed by atoms with van der Waals surface area (Å²) >= 11 is 3.40. The van der Waals surface area contributed by atoms with E-state index in [0.717, 1.165) is 6.42 Å². The average Bonchev–Trinajstić information content (AvgIpc) is 2.73. The smallest absolute Gasteiger partial charge is 0.287 e. The third kappa shape index (κ3) is 3.85. The van der Waals surface area contributed by atoms with Crippen LogP contribution >= 0.6 is 15.9 Å². The maximum atomic E-state index is 11.8. The molecular weight excluding hydrogens is 290 g/mol. The van der Waals surface area contributed by atoms with Gasteiger partial charge in [0.1, 0.15) is 5.69 Å². The number of alkyl halides is 1. The molecule has 1 aromatic rings. The molecule has 1 rings (SSSR count). The largest absolute Gasteiger partial charge is 0.351 e. The lowest BCUT2D eigenvalue weighted by molar-refractivity contribution is -0.384. The Morgan fingerprint density at radius 1 is 1.71 bits per heavy atom. The highest BCUT2D eigenvalue weighted by Crippen LogP contribution is 2.14. The molecule has 0 radical (unpaired) electrons. The van der Waals surface area contributed by atoms with Crippen LogP contribution in [0.3, 0.4) is 0 Å². The fourth-order valence-electron chi connectivity index (χ4n) is 1.29. The third-order valence-electron chi connectivity index (χ3n) is 2.32.